The number of benzene rings is 2. The van der Waals surface area contributed by atoms with Gasteiger partial charge in [-0.15, -0.1) is 0 Å². The molecule has 3 aromatic rings. The van der Waals surface area contributed by atoms with Gasteiger partial charge in [0, 0.05) is 23.3 Å². The van der Waals surface area contributed by atoms with E-state index in [1.165, 1.54) is 0 Å². The number of halogens is 3. The maximum absolute atomic E-state index is 10.4. The lowest BCUT2D eigenvalue weighted by Crippen LogP contribution is -2.34. The summed E-state index contributed by atoms with van der Waals surface area (Å²) in [5.41, 5.74) is 3.04. The number of piperidine rings is 1. The Morgan fingerprint density at radius 1 is 1.16 bits per heavy atom. The number of alkyl halides is 3. The summed E-state index contributed by atoms with van der Waals surface area (Å²) in [6.45, 7) is 2.03. The molecule has 0 spiro atoms. The molecule has 2 aromatic carbocycles. The average Bonchev–Trinajstić information content (AvgIpc) is 2.79. The number of fused-ring (bicyclic) bond motifs is 1. The van der Waals surface area contributed by atoms with E-state index in [1.54, 1.807) is 0 Å². The summed E-state index contributed by atoms with van der Waals surface area (Å²) in [7, 11) is 0. The number of carbonyl (C=O) groups excluding carboxylic acids is 1. The summed E-state index contributed by atoms with van der Waals surface area (Å²) in [6.07, 6.45) is 0.265. The van der Waals surface area contributed by atoms with Crippen molar-refractivity contribution in [2.24, 2.45) is 0 Å². The first-order valence-electron chi connectivity index (χ1n) is 9.88. The average molecular weight is 432 g/mol. The van der Waals surface area contributed by atoms with E-state index in [4.69, 9.17) is 9.53 Å². The molecule has 2 N–H and O–H groups in total. The van der Waals surface area contributed by atoms with Crippen LogP contribution in [0, 0.1) is 0 Å². The number of aromatic nitrogens is 1. The van der Waals surface area contributed by atoms with E-state index in [2.05, 4.69) is 22.4 Å². The number of aliphatic hydroxyl groups is 1. The highest BCUT2D eigenvalue weighted by atomic mass is 19.4. The molecule has 0 amide bonds. The summed E-state index contributed by atoms with van der Waals surface area (Å²) in [5, 5.41) is 15.1. The first-order valence-corrected chi connectivity index (χ1v) is 9.88. The minimum Gasteiger partial charge on any atom is -0.490 e. The minimum atomic E-state index is -4.64. The van der Waals surface area contributed by atoms with Gasteiger partial charge in [-0.25, -0.2) is 0 Å². The summed E-state index contributed by atoms with van der Waals surface area (Å²) in [6, 6.07) is 14.2. The van der Waals surface area contributed by atoms with Crippen LogP contribution in [-0.4, -0.2) is 41.7 Å². The fraction of sp³-hybridized carbons (Fsp3) is 0.304. The quantitative estimate of drug-likeness (QED) is 0.603. The number of ether oxygens (including phenoxy) is 1. The predicted octanol–water partition coefficient (Wildman–Crippen LogP) is 4.27. The largest absolute Gasteiger partial charge is 0.490 e. The molecule has 0 unspecified atom stereocenters. The number of nitrogens with zero attached hydrogens (tertiary/aromatic N) is 1. The molecule has 31 heavy (non-hydrogen) atoms. The molecule has 164 valence electrons. The van der Waals surface area contributed by atoms with E-state index in [-0.39, 0.29) is 12.7 Å². The van der Waals surface area contributed by atoms with Crippen molar-refractivity contribution >= 4 is 17.1 Å². The van der Waals surface area contributed by atoms with Gasteiger partial charge in [-0.1, -0.05) is 18.2 Å². The number of aldehydes is 1. The molecule has 2 heterocycles. The van der Waals surface area contributed by atoms with Crippen LogP contribution in [0.4, 0.5) is 13.2 Å². The molecule has 4 rings (SSSR count). The lowest BCUT2D eigenvalue weighted by Gasteiger charge is -2.25. The monoisotopic (exact) mass is 432 g/mol. The van der Waals surface area contributed by atoms with E-state index in [9.17, 15) is 18.3 Å². The van der Waals surface area contributed by atoms with Crippen molar-refractivity contribution in [3.63, 3.8) is 0 Å². The van der Waals surface area contributed by atoms with Crippen LogP contribution in [0.2, 0.25) is 0 Å². The third-order valence-electron chi connectivity index (χ3n) is 4.89. The molecule has 1 aromatic heterocycles. The van der Waals surface area contributed by atoms with Gasteiger partial charge < -0.3 is 15.2 Å². The van der Waals surface area contributed by atoms with Gasteiger partial charge in [-0.3, -0.25) is 9.78 Å². The van der Waals surface area contributed by atoms with Crippen LogP contribution in [0.3, 0.4) is 0 Å². The zero-order valence-corrected chi connectivity index (χ0v) is 16.7. The first-order chi connectivity index (χ1) is 14.9. The fourth-order valence-corrected chi connectivity index (χ4v) is 3.46. The zero-order valence-electron chi connectivity index (χ0n) is 16.7. The normalized spacial score (nSPS) is 14.6. The third kappa shape index (κ3) is 6.26. The minimum absolute atomic E-state index is 0.0324. The smallest absolute Gasteiger partial charge is 0.446 e. The van der Waals surface area contributed by atoms with Gasteiger partial charge in [0.1, 0.15) is 11.9 Å². The Balaban J connectivity index is 0.000000401. The zero-order chi connectivity index (χ0) is 22.3. The fourth-order valence-electron chi connectivity index (χ4n) is 3.46. The van der Waals surface area contributed by atoms with Crippen molar-refractivity contribution in [2.75, 3.05) is 13.1 Å². The van der Waals surface area contributed by atoms with Crippen LogP contribution < -0.4 is 10.1 Å². The van der Waals surface area contributed by atoms with Crippen molar-refractivity contribution in [3.05, 3.63) is 60.4 Å². The van der Waals surface area contributed by atoms with Crippen molar-refractivity contribution in [2.45, 2.75) is 31.7 Å². The molecule has 0 aliphatic carbocycles. The summed E-state index contributed by atoms with van der Waals surface area (Å²) < 4.78 is 37.6. The van der Waals surface area contributed by atoms with Gasteiger partial charge >= 0.3 is 6.18 Å². The molecule has 8 heteroatoms. The van der Waals surface area contributed by atoms with Crippen LogP contribution in [0.5, 0.6) is 5.75 Å². The maximum atomic E-state index is 10.4. The Bertz CT molecular complexity index is 1020. The highest BCUT2D eigenvalue weighted by Crippen LogP contribution is 2.38. The highest BCUT2D eigenvalue weighted by Gasteiger charge is 2.25. The van der Waals surface area contributed by atoms with Crippen molar-refractivity contribution in [3.8, 4) is 16.9 Å². The van der Waals surface area contributed by atoms with Crippen LogP contribution >= 0.6 is 0 Å². The summed E-state index contributed by atoms with van der Waals surface area (Å²) >= 11 is 0. The standard InChI is InChI=1S/C21H22N2O2.C2HF3O/c24-14-15-2-1-3-16(12-15)21-19-8-11-23-13-17(19)4-5-20(21)25-18-6-9-22-10-7-18;3-2(4,5)1-6/h1-5,8,11-13,18,22,24H,6-7,9-10,14H2;1H. The number of hydrogen-bond donors (Lipinski definition) is 2. The second-order valence-electron chi connectivity index (χ2n) is 7.12. The molecule has 0 bridgehead atoms. The molecular weight excluding hydrogens is 409 g/mol. The van der Waals surface area contributed by atoms with Crippen LogP contribution in [0.15, 0.2) is 54.9 Å². The molecule has 0 radical (unpaired) electrons. The van der Waals surface area contributed by atoms with Crippen molar-refractivity contribution in [1.82, 2.24) is 10.3 Å². The lowest BCUT2D eigenvalue weighted by atomic mass is 9.96. The summed E-state index contributed by atoms with van der Waals surface area (Å²) in [4.78, 5) is 12.9. The van der Waals surface area contributed by atoms with Gasteiger partial charge in [0.15, 0.2) is 0 Å². The predicted molar refractivity (Wildman–Crippen MR) is 112 cm³/mol. The van der Waals surface area contributed by atoms with E-state index in [1.807, 2.05) is 42.7 Å². The molecule has 1 aliphatic heterocycles. The van der Waals surface area contributed by atoms with Gasteiger partial charge in [-0.05, 0) is 66.7 Å². The number of rotatable bonds is 4. The Labute approximate surface area is 177 Å². The number of nitrogens with one attached hydrogen (secondary N) is 1. The molecule has 1 fully saturated rings. The maximum Gasteiger partial charge on any atom is 0.446 e. The second-order valence-corrected chi connectivity index (χ2v) is 7.12. The lowest BCUT2D eigenvalue weighted by molar-refractivity contribution is -0.156. The first kappa shape index (κ1) is 22.7. The molecular formula is C23H23F3N2O3. The van der Waals surface area contributed by atoms with Crippen LogP contribution in [0.25, 0.3) is 21.9 Å². The topological polar surface area (TPSA) is 71.5 Å². The van der Waals surface area contributed by atoms with E-state index >= 15 is 0 Å². The number of aliphatic hydroxyl groups excluding tert-OH is 1. The molecule has 0 atom stereocenters. The number of hydrogen-bond acceptors (Lipinski definition) is 5. The van der Waals surface area contributed by atoms with Gasteiger partial charge in [0.05, 0.1) is 6.61 Å². The van der Waals surface area contributed by atoms with Crippen molar-refractivity contribution < 1.29 is 27.8 Å². The van der Waals surface area contributed by atoms with Gasteiger partial charge in [0.2, 0.25) is 6.29 Å². The third-order valence-corrected chi connectivity index (χ3v) is 4.89. The van der Waals surface area contributed by atoms with Crippen LogP contribution in [-0.2, 0) is 11.4 Å². The molecule has 0 saturated carbocycles. The van der Waals surface area contributed by atoms with Crippen LogP contribution in [0.1, 0.15) is 18.4 Å². The Hall–Kier alpha value is -2.97. The second kappa shape index (κ2) is 10.4. The van der Waals surface area contributed by atoms with Gasteiger partial charge in [-0.2, -0.15) is 13.2 Å². The van der Waals surface area contributed by atoms with E-state index < -0.39 is 12.5 Å². The molecule has 1 saturated heterocycles. The highest BCUT2D eigenvalue weighted by molar-refractivity contribution is 5.99. The summed E-state index contributed by atoms with van der Waals surface area (Å²) in [5.74, 6) is 0.903. The number of carbonyl (C=O) groups is 1. The Kier molecular flexibility index (Phi) is 7.59. The van der Waals surface area contributed by atoms with Crippen molar-refractivity contribution in [1.29, 1.82) is 0 Å². The molecule has 5 nitrogen and oxygen atoms in total. The molecule has 1 aliphatic rings. The van der Waals surface area contributed by atoms with E-state index in [0.29, 0.717) is 0 Å². The SMILES string of the molecule is O=CC(F)(F)F.OCc1cccc(-c2c(OC3CCNCC3)ccc3cnccc23)c1. The Morgan fingerprint density at radius 2 is 1.90 bits per heavy atom. The Morgan fingerprint density at radius 3 is 2.58 bits per heavy atom. The number of pyridine rings is 1. The van der Waals surface area contributed by atoms with E-state index in [0.717, 1.165) is 59.1 Å². The van der Waals surface area contributed by atoms with Gasteiger partial charge in [0.25, 0.3) is 0 Å².